The third-order valence-electron chi connectivity index (χ3n) is 7.61. The normalized spacial score (nSPS) is 17.8. The molecule has 6 rings (SSSR count). The summed E-state index contributed by atoms with van der Waals surface area (Å²) in [6, 6.07) is 27.3. The third-order valence-corrected chi connectivity index (χ3v) is 7.61. The summed E-state index contributed by atoms with van der Waals surface area (Å²) in [4.78, 5) is 0. The van der Waals surface area contributed by atoms with Crippen LogP contribution in [-0.2, 0) is 0 Å². The summed E-state index contributed by atoms with van der Waals surface area (Å²) < 4.78 is 0. The Bertz CT molecular complexity index is 1260. The Morgan fingerprint density at radius 1 is 0.484 bits per heavy atom. The van der Waals surface area contributed by atoms with Crippen LogP contribution >= 0.6 is 0 Å². The number of rotatable bonds is 2. The van der Waals surface area contributed by atoms with Crippen molar-refractivity contribution >= 4 is 0 Å². The average molecular weight is 402 g/mol. The van der Waals surface area contributed by atoms with E-state index in [9.17, 15) is 0 Å². The van der Waals surface area contributed by atoms with Crippen LogP contribution in [0.3, 0.4) is 0 Å². The van der Waals surface area contributed by atoms with Crippen LogP contribution in [0, 0.1) is 27.7 Å². The Hall–Kier alpha value is -3.16. The van der Waals surface area contributed by atoms with Gasteiger partial charge in [0.25, 0.3) is 0 Å². The maximum absolute atomic E-state index is 4.14. The second kappa shape index (κ2) is 6.67. The van der Waals surface area contributed by atoms with Crippen molar-refractivity contribution in [3.8, 4) is 22.3 Å². The summed E-state index contributed by atoms with van der Waals surface area (Å²) in [6.07, 6.45) is 0. The molecule has 0 spiro atoms. The first-order valence-electron chi connectivity index (χ1n) is 11.2. The first-order valence-corrected chi connectivity index (χ1v) is 11.2. The topological polar surface area (TPSA) is 12.0 Å². The van der Waals surface area contributed by atoms with Crippen molar-refractivity contribution in [1.29, 1.82) is 0 Å². The highest BCUT2D eigenvalue weighted by Crippen LogP contribution is 2.50. The van der Waals surface area contributed by atoms with Crippen LogP contribution in [0.2, 0.25) is 0 Å². The van der Waals surface area contributed by atoms with E-state index in [4.69, 9.17) is 0 Å². The standard InChI is InChI=1S/C30H27N/c1-17-13-15-23-21-9-5-7-11-25(21)29(27(23)19(17)3)31-30-26-12-8-6-10-22(26)24-16-14-18(2)20(4)28(24)30/h5-16,29-31H,1-4H3. The van der Waals surface area contributed by atoms with Crippen LogP contribution in [0.1, 0.15) is 56.6 Å². The fourth-order valence-electron chi connectivity index (χ4n) is 5.70. The van der Waals surface area contributed by atoms with Crippen LogP contribution in [0.15, 0.2) is 72.8 Å². The molecule has 4 aromatic rings. The van der Waals surface area contributed by atoms with Crippen molar-refractivity contribution in [2.45, 2.75) is 39.8 Å². The van der Waals surface area contributed by atoms with Crippen LogP contribution in [0.25, 0.3) is 22.3 Å². The van der Waals surface area contributed by atoms with Gasteiger partial charge in [0.1, 0.15) is 0 Å². The molecule has 0 bridgehead atoms. The first kappa shape index (κ1) is 18.6. The van der Waals surface area contributed by atoms with E-state index in [0.29, 0.717) is 0 Å². The fourth-order valence-corrected chi connectivity index (χ4v) is 5.70. The first-order chi connectivity index (χ1) is 15.1. The van der Waals surface area contributed by atoms with E-state index in [2.05, 4.69) is 106 Å². The lowest BCUT2D eigenvalue weighted by atomic mass is 9.92. The van der Waals surface area contributed by atoms with Gasteiger partial charge in [-0.15, -0.1) is 0 Å². The zero-order valence-corrected chi connectivity index (χ0v) is 18.6. The molecule has 2 aliphatic rings. The van der Waals surface area contributed by atoms with Gasteiger partial charge in [-0.2, -0.15) is 0 Å². The number of aryl methyl sites for hydroxylation is 2. The number of hydrogen-bond donors (Lipinski definition) is 1. The van der Waals surface area contributed by atoms with Gasteiger partial charge in [-0.1, -0.05) is 72.8 Å². The minimum atomic E-state index is 0.190. The SMILES string of the molecule is Cc1ccc2c(c1C)C(NC1c3ccccc3-c3ccc(C)c(C)c31)c1ccccc1-2. The van der Waals surface area contributed by atoms with Gasteiger partial charge >= 0.3 is 0 Å². The maximum Gasteiger partial charge on any atom is 0.0598 e. The molecule has 1 nitrogen and oxygen atoms in total. The Morgan fingerprint density at radius 2 is 0.903 bits per heavy atom. The predicted molar refractivity (Wildman–Crippen MR) is 130 cm³/mol. The molecule has 1 heteroatoms. The molecule has 0 radical (unpaired) electrons. The average Bonchev–Trinajstić information content (AvgIpc) is 3.28. The molecule has 152 valence electrons. The highest BCUT2D eigenvalue weighted by Gasteiger charge is 2.36. The molecule has 0 saturated heterocycles. The number of nitrogens with one attached hydrogen (secondary N) is 1. The Kier molecular flexibility index (Phi) is 4.00. The monoisotopic (exact) mass is 401 g/mol. The number of fused-ring (bicyclic) bond motifs is 6. The Balaban J connectivity index is 1.56. The summed E-state index contributed by atoms with van der Waals surface area (Å²) in [7, 11) is 0. The van der Waals surface area contributed by atoms with Crippen molar-refractivity contribution in [2.24, 2.45) is 0 Å². The predicted octanol–water partition coefficient (Wildman–Crippen LogP) is 7.35. The Labute approximate surface area is 184 Å². The molecular formula is C30H27N. The van der Waals surface area contributed by atoms with Gasteiger partial charge in [0.05, 0.1) is 12.1 Å². The van der Waals surface area contributed by atoms with E-state index in [1.807, 2.05) is 0 Å². The highest BCUT2D eigenvalue weighted by atomic mass is 15.0. The molecule has 4 aromatic carbocycles. The molecule has 2 atom stereocenters. The molecule has 31 heavy (non-hydrogen) atoms. The van der Waals surface area contributed by atoms with Gasteiger partial charge in [0.2, 0.25) is 0 Å². The second-order valence-electron chi connectivity index (χ2n) is 9.14. The largest absolute Gasteiger partial charge is 0.295 e. The molecule has 2 unspecified atom stereocenters. The van der Waals surface area contributed by atoms with Crippen molar-refractivity contribution < 1.29 is 0 Å². The molecular weight excluding hydrogens is 374 g/mol. The van der Waals surface area contributed by atoms with E-state index < -0.39 is 0 Å². The molecule has 0 fully saturated rings. The van der Waals surface area contributed by atoms with Gasteiger partial charge in [-0.3, -0.25) is 5.32 Å². The fraction of sp³-hybridized carbons (Fsp3) is 0.200. The van der Waals surface area contributed by atoms with E-state index in [1.54, 1.807) is 0 Å². The lowest BCUT2D eigenvalue weighted by molar-refractivity contribution is 0.552. The van der Waals surface area contributed by atoms with Crippen molar-refractivity contribution in [3.63, 3.8) is 0 Å². The van der Waals surface area contributed by atoms with Crippen molar-refractivity contribution in [1.82, 2.24) is 5.32 Å². The van der Waals surface area contributed by atoms with Gasteiger partial charge in [-0.05, 0) is 94.5 Å². The van der Waals surface area contributed by atoms with Crippen LogP contribution in [-0.4, -0.2) is 0 Å². The van der Waals surface area contributed by atoms with Gasteiger partial charge < -0.3 is 0 Å². The number of benzene rings is 4. The molecule has 0 aliphatic heterocycles. The van der Waals surface area contributed by atoms with Crippen molar-refractivity contribution in [2.75, 3.05) is 0 Å². The molecule has 2 aliphatic carbocycles. The lowest BCUT2D eigenvalue weighted by Gasteiger charge is -2.26. The van der Waals surface area contributed by atoms with E-state index >= 15 is 0 Å². The van der Waals surface area contributed by atoms with E-state index in [1.165, 1.54) is 66.8 Å². The maximum atomic E-state index is 4.14. The zero-order chi connectivity index (χ0) is 21.3. The summed E-state index contributed by atoms with van der Waals surface area (Å²) >= 11 is 0. The molecule has 1 N–H and O–H groups in total. The summed E-state index contributed by atoms with van der Waals surface area (Å²) in [5.41, 5.74) is 16.7. The third kappa shape index (κ3) is 2.53. The van der Waals surface area contributed by atoms with Crippen LogP contribution in [0.5, 0.6) is 0 Å². The number of hydrogen-bond acceptors (Lipinski definition) is 1. The summed E-state index contributed by atoms with van der Waals surface area (Å²) in [5.74, 6) is 0. The van der Waals surface area contributed by atoms with Crippen molar-refractivity contribution in [3.05, 3.63) is 117 Å². The molecule has 0 saturated carbocycles. The zero-order valence-electron chi connectivity index (χ0n) is 18.6. The Morgan fingerprint density at radius 3 is 1.35 bits per heavy atom. The highest BCUT2D eigenvalue weighted by molar-refractivity contribution is 5.82. The van der Waals surface area contributed by atoms with Crippen LogP contribution in [0.4, 0.5) is 0 Å². The molecule has 0 amide bonds. The van der Waals surface area contributed by atoms with Crippen LogP contribution < -0.4 is 5.32 Å². The van der Waals surface area contributed by atoms with E-state index in [-0.39, 0.29) is 12.1 Å². The molecule has 0 aromatic heterocycles. The summed E-state index contributed by atoms with van der Waals surface area (Å²) in [5, 5.41) is 4.14. The summed E-state index contributed by atoms with van der Waals surface area (Å²) in [6.45, 7) is 9.01. The minimum Gasteiger partial charge on any atom is -0.295 e. The second-order valence-corrected chi connectivity index (χ2v) is 9.14. The quantitative estimate of drug-likeness (QED) is 0.370. The lowest BCUT2D eigenvalue weighted by Crippen LogP contribution is -2.27. The minimum absolute atomic E-state index is 0.190. The van der Waals surface area contributed by atoms with Gasteiger partial charge in [0, 0.05) is 0 Å². The smallest absolute Gasteiger partial charge is 0.0598 e. The molecule has 0 heterocycles. The van der Waals surface area contributed by atoms with Gasteiger partial charge in [0.15, 0.2) is 0 Å². The van der Waals surface area contributed by atoms with E-state index in [0.717, 1.165) is 0 Å². The van der Waals surface area contributed by atoms with Gasteiger partial charge in [-0.25, -0.2) is 0 Å².